The number of Topliss-reactive ketones (excluding diaryl/α,β-unsaturated/α-hetero) is 1. The van der Waals surface area contributed by atoms with Crippen molar-refractivity contribution >= 4 is 23.3 Å². The highest BCUT2D eigenvalue weighted by Crippen LogP contribution is 2.22. The number of nitrogens with zero attached hydrogens (tertiary/aromatic N) is 2. The summed E-state index contributed by atoms with van der Waals surface area (Å²) in [6, 6.07) is 1.88. The molecule has 0 aromatic carbocycles. The Bertz CT molecular complexity index is 508. The van der Waals surface area contributed by atoms with Crippen molar-refractivity contribution in [1.82, 2.24) is 9.47 Å². The maximum absolute atomic E-state index is 12.7. The smallest absolute Gasteiger partial charge is 0.271 e. The second-order valence-corrected chi connectivity index (χ2v) is 5.81. The fraction of sp³-hybridized carbons (Fsp3) is 0.600. The van der Waals surface area contributed by atoms with Crippen molar-refractivity contribution in [3.05, 3.63) is 23.5 Å². The summed E-state index contributed by atoms with van der Waals surface area (Å²) in [5.41, 5.74) is 1.12. The molecule has 0 N–H and O–H groups in total. The monoisotopic (exact) mass is 296 g/mol. The maximum Gasteiger partial charge on any atom is 0.271 e. The van der Waals surface area contributed by atoms with Crippen LogP contribution in [0.5, 0.6) is 0 Å². The molecule has 1 aliphatic rings. The summed E-state index contributed by atoms with van der Waals surface area (Å²) >= 11 is 5.69. The molecular weight excluding hydrogens is 276 g/mol. The number of amides is 1. The molecule has 1 aromatic rings. The van der Waals surface area contributed by atoms with Crippen molar-refractivity contribution in [2.45, 2.75) is 45.7 Å². The Morgan fingerprint density at radius 1 is 1.30 bits per heavy atom. The van der Waals surface area contributed by atoms with Crippen LogP contribution in [0.15, 0.2) is 12.3 Å². The lowest BCUT2D eigenvalue weighted by molar-refractivity contribution is 0.0698. The molecule has 0 spiro atoms. The van der Waals surface area contributed by atoms with Gasteiger partial charge >= 0.3 is 0 Å². The lowest BCUT2D eigenvalue weighted by Gasteiger charge is -2.25. The van der Waals surface area contributed by atoms with Crippen LogP contribution in [0, 0.1) is 0 Å². The van der Waals surface area contributed by atoms with Gasteiger partial charge in [-0.2, -0.15) is 0 Å². The largest absolute Gasteiger partial charge is 0.343 e. The van der Waals surface area contributed by atoms with Crippen molar-refractivity contribution in [3.8, 4) is 0 Å². The first-order chi connectivity index (χ1) is 9.56. The van der Waals surface area contributed by atoms with E-state index in [2.05, 4.69) is 0 Å². The molecule has 110 valence electrons. The van der Waals surface area contributed by atoms with E-state index in [0.717, 1.165) is 19.4 Å². The highest BCUT2D eigenvalue weighted by atomic mass is 35.5. The normalized spacial score (nSPS) is 15.7. The third-order valence-electron chi connectivity index (χ3n) is 3.71. The first-order valence-corrected chi connectivity index (χ1v) is 7.69. The van der Waals surface area contributed by atoms with Gasteiger partial charge in [0, 0.05) is 43.2 Å². The molecule has 20 heavy (non-hydrogen) atoms. The van der Waals surface area contributed by atoms with Crippen LogP contribution in [0.2, 0.25) is 0 Å². The van der Waals surface area contributed by atoms with Crippen LogP contribution in [0.4, 0.5) is 0 Å². The minimum absolute atomic E-state index is 0.0308. The summed E-state index contributed by atoms with van der Waals surface area (Å²) < 4.78 is 1.91. The number of ketones is 1. The molecule has 1 aliphatic heterocycles. The van der Waals surface area contributed by atoms with Crippen molar-refractivity contribution in [2.24, 2.45) is 0 Å². The van der Waals surface area contributed by atoms with E-state index < -0.39 is 0 Å². The Morgan fingerprint density at radius 3 is 2.70 bits per heavy atom. The number of unbranched alkanes of at least 4 members (excludes halogenated alkanes) is 1. The molecule has 0 unspecified atom stereocenters. The predicted octanol–water partition coefficient (Wildman–Crippen LogP) is 2.94. The molecular formula is C15H21ClN2O2. The lowest BCUT2D eigenvalue weighted by atomic mass is 10.1. The lowest BCUT2D eigenvalue weighted by Crippen LogP contribution is -2.38. The zero-order valence-electron chi connectivity index (χ0n) is 12.1. The number of hydrogen-bond donors (Lipinski definition) is 0. The summed E-state index contributed by atoms with van der Waals surface area (Å²) in [6.07, 6.45) is 4.07. The van der Waals surface area contributed by atoms with Crippen LogP contribution < -0.4 is 0 Å². The SMILES string of the molecule is CC(C)N1CCC(=O)c2ccn(CCCCCl)c2C1=O. The molecule has 0 radical (unpaired) electrons. The van der Waals surface area contributed by atoms with Crippen LogP contribution in [-0.4, -0.2) is 39.6 Å². The summed E-state index contributed by atoms with van der Waals surface area (Å²) in [7, 11) is 0. The molecule has 0 saturated heterocycles. The Labute approximate surface area is 124 Å². The number of fused-ring (bicyclic) bond motifs is 1. The average Bonchev–Trinajstić information content (AvgIpc) is 2.77. The molecule has 2 rings (SSSR count). The number of hydrogen-bond acceptors (Lipinski definition) is 2. The van der Waals surface area contributed by atoms with Crippen LogP contribution in [-0.2, 0) is 6.54 Å². The van der Waals surface area contributed by atoms with Gasteiger partial charge in [-0.15, -0.1) is 11.6 Å². The van der Waals surface area contributed by atoms with E-state index in [0.29, 0.717) is 30.1 Å². The topological polar surface area (TPSA) is 42.3 Å². The van der Waals surface area contributed by atoms with Gasteiger partial charge in [0.1, 0.15) is 5.69 Å². The van der Waals surface area contributed by atoms with Crippen molar-refractivity contribution in [2.75, 3.05) is 12.4 Å². The van der Waals surface area contributed by atoms with E-state index in [9.17, 15) is 9.59 Å². The van der Waals surface area contributed by atoms with Crippen LogP contribution in [0.25, 0.3) is 0 Å². The highest BCUT2D eigenvalue weighted by molar-refractivity contribution is 6.17. The standard InChI is InChI=1S/C15H21ClN2O2/c1-11(2)18-10-6-13(19)12-5-9-17(8-4-3-7-16)14(12)15(18)20/h5,9,11H,3-4,6-8,10H2,1-2H3. The average molecular weight is 297 g/mol. The van der Waals surface area contributed by atoms with E-state index >= 15 is 0 Å². The molecule has 5 heteroatoms. The first kappa shape index (κ1) is 15.1. The Kier molecular flexibility index (Phi) is 4.86. The van der Waals surface area contributed by atoms with E-state index in [1.807, 2.05) is 24.6 Å². The number of aryl methyl sites for hydroxylation is 1. The number of alkyl halides is 1. The van der Waals surface area contributed by atoms with Gasteiger partial charge in [0.25, 0.3) is 5.91 Å². The molecule has 0 aliphatic carbocycles. The molecule has 1 aromatic heterocycles. The Balaban J connectivity index is 2.32. The number of aromatic nitrogens is 1. The second kappa shape index (κ2) is 6.44. The van der Waals surface area contributed by atoms with E-state index in [1.54, 1.807) is 11.0 Å². The van der Waals surface area contributed by atoms with E-state index in [1.165, 1.54) is 0 Å². The zero-order chi connectivity index (χ0) is 14.7. The molecule has 0 fully saturated rings. The van der Waals surface area contributed by atoms with Crippen molar-refractivity contribution in [1.29, 1.82) is 0 Å². The molecule has 2 heterocycles. The maximum atomic E-state index is 12.7. The minimum atomic E-state index is -0.0308. The quantitative estimate of drug-likeness (QED) is 0.619. The summed E-state index contributed by atoms with van der Waals surface area (Å²) in [5, 5.41) is 0. The summed E-state index contributed by atoms with van der Waals surface area (Å²) in [5.74, 6) is 0.651. The van der Waals surface area contributed by atoms with Gasteiger partial charge in [-0.25, -0.2) is 0 Å². The second-order valence-electron chi connectivity index (χ2n) is 5.43. The van der Waals surface area contributed by atoms with Gasteiger partial charge in [0.15, 0.2) is 5.78 Å². The van der Waals surface area contributed by atoms with E-state index in [4.69, 9.17) is 11.6 Å². The van der Waals surface area contributed by atoms with Gasteiger partial charge in [-0.1, -0.05) is 0 Å². The van der Waals surface area contributed by atoms with Crippen LogP contribution in [0.1, 0.15) is 54.0 Å². The number of rotatable bonds is 5. The fourth-order valence-electron chi connectivity index (χ4n) is 2.59. The zero-order valence-corrected chi connectivity index (χ0v) is 12.8. The van der Waals surface area contributed by atoms with Crippen molar-refractivity contribution in [3.63, 3.8) is 0 Å². The highest BCUT2D eigenvalue weighted by Gasteiger charge is 2.30. The first-order valence-electron chi connectivity index (χ1n) is 7.15. The Hall–Kier alpha value is -1.29. The number of carbonyl (C=O) groups excluding carboxylic acids is 2. The van der Waals surface area contributed by atoms with Gasteiger partial charge in [0.05, 0.1) is 0 Å². The van der Waals surface area contributed by atoms with E-state index in [-0.39, 0.29) is 17.7 Å². The molecule has 0 bridgehead atoms. The number of halogens is 1. The molecule has 0 saturated carbocycles. The van der Waals surface area contributed by atoms with Gasteiger partial charge in [-0.3, -0.25) is 9.59 Å². The third kappa shape index (κ3) is 2.90. The van der Waals surface area contributed by atoms with Gasteiger partial charge < -0.3 is 9.47 Å². The van der Waals surface area contributed by atoms with Crippen molar-refractivity contribution < 1.29 is 9.59 Å². The third-order valence-corrected chi connectivity index (χ3v) is 3.98. The fourth-order valence-corrected chi connectivity index (χ4v) is 2.77. The Morgan fingerprint density at radius 2 is 2.05 bits per heavy atom. The molecule has 0 atom stereocenters. The minimum Gasteiger partial charge on any atom is -0.343 e. The molecule has 1 amide bonds. The van der Waals surface area contributed by atoms with Crippen LogP contribution >= 0.6 is 11.6 Å². The summed E-state index contributed by atoms with van der Waals surface area (Å²) in [6.45, 7) is 5.20. The van der Waals surface area contributed by atoms with Gasteiger partial charge in [-0.05, 0) is 32.8 Å². The van der Waals surface area contributed by atoms with Crippen LogP contribution in [0.3, 0.4) is 0 Å². The number of carbonyl (C=O) groups is 2. The molecule has 4 nitrogen and oxygen atoms in total. The van der Waals surface area contributed by atoms with Gasteiger partial charge in [0.2, 0.25) is 0 Å². The predicted molar refractivity (Wildman–Crippen MR) is 79.5 cm³/mol. The summed E-state index contributed by atoms with van der Waals surface area (Å²) in [4.78, 5) is 26.6.